The van der Waals surface area contributed by atoms with E-state index in [1.165, 1.54) is 193 Å². The van der Waals surface area contributed by atoms with Crippen molar-refractivity contribution < 1.29 is 17.0 Å². The van der Waals surface area contributed by atoms with E-state index >= 15 is 0 Å². The van der Waals surface area contributed by atoms with Gasteiger partial charge in [-0.1, -0.05) is 281 Å². The summed E-state index contributed by atoms with van der Waals surface area (Å²) in [7, 11) is 0. The Kier molecular flexibility index (Phi) is 22.3. The molecule has 0 fully saturated rings. The molecule has 6 aliphatic rings. The third kappa shape index (κ3) is 14.2. The number of rotatable bonds is 4. The molecule has 0 bridgehead atoms. The molecule has 0 saturated heterocycles. The Labute approximate surface area is 701 Å². The fourth-order valence-corrected chi connectivity index (χ4v) is 18.7. The minimum Gasteiger partial charge on any atom is -1.00 e. The molecule has 4 atom stereocenters. The van der Waals surface area contributed by atoms with E-state index < -0.39 is 0 Å². The van der Waals surface area contributed by atoms with Gasteiger partial charge in [-0.25, -0.2) is 0 Å². The molecule has 13 aromatic rings. The summed E-state index contributed by atoms with van der Waals surface area (Å²) in [6, 6.07) is 93.1. The van der Waals surface area contributed by atoms with Gasteiger partial charge in [-0.05, 0) is 183 Å². The summed E-state index contributed by atoms with van der Waals surface area (Å²) in [6.07, 6.45) is 7.52. The number of fused-ring (bicyclic) bond motifs is 13. The molecule has 0 spiro atoms. The van der Waals surface area contributed by atoms with E-state index in [2.05, 4.69) is 438 Å². The van der Waals surface area contributed by atoms with Crippen molar-refractivity contribution in [2.75, 3.05) is 19.6 Å². The quantitative estimate of drug-likeness (QED) is 0.0989. The number of anilines is 8. The Balaban J connectivity index is 0.000000161. The van der Waals surface area contributed by atoms with Crippen molar-refractivity contribution in [3.8, 4) is 0 Å². The van der Waals surface area contributed by atoms with Gasteiger partial charge in [0.05, 0.1) is 46.9 Å². The predicted octanol–water partition coefficient (Wildman–Crippen LogP) is 15.0. The van der Waals surface area contributed by atoms with Crippen molar-refractivity contribution in [1.29, 1.82) is 0 Å². The average Bonchev–Trinajstić information content (AvgIpc) is 0.673. The molecule has 12 heteroatoms. The molecule has 0 radical (unpaired) electrons. The van der Waals surface area contributed by atoms with Crippen LogP contribution in [0.2, 0.25) is 0 Å². The second kappa shape index (κ2) is 31.2. The van der Waals surface area contributed by atoms with Crippen molar-refractivity contribution in [2.45, 2.75) is 114 Å². The van der Waals surface area contributed by atoms with E-state index in [0.29, 0.717) is 0 Å². The topological polar surface area (TPSA) is 13.0 Å². The zero-order valence-corrected chi connectivity index (χ0v) is 72.8. The Bertz CT molecular complexity index is 5720. The van der Waals surface area contributed by atoms with Crippen LogP contribution in [-0.4, -0.2) is 60.9 Å². The van der Waals surface area contributed by atoms with Gasteiger partial charge >= 0.3 is 23.3 Å². The second-order valence-corrected chi connectivity index (χ2v) is 41.1. The molecular formula is C95H85B3BrI3MgN4. The van der Waals surface area contributed by atoms with Gasteiger partial charge in [0.25, 0.3) is 0 Å². The third-order valence-electron chi connectivity index (χ3n) is 22.5. The molecule has 107 heavy (non-hydrogen) atoms. The number of benzene rings is 13. The van der Waals surface area contributed by atoms with Gasteiger partial charge in [0.1, 0.15) is 0 Å². The van der Waals surface area contributed by atoms with Crippen LogP contribution in [0.15, 0.2) is 237 Å². The van der Waals surface area contributed by atoms with Gasteiger partial charge in [0, 0.05) is 22.7 Å². The molecule has 0 aromatic heterocycles. The third-order valence-corrected chi connectivity index (χ3v) is 22.5. The van der Waals surface area contributed by atoms with Gasteiger partial charge in [-0.3, -0.25) is 0 Å². The number of aryl methyl sites for hydroxylation is 13. The summed E-state index contributed by atoms with van der Waals surface area (Å²) in [5.74, 6) is 0. The Morgan fingerprint density at radius 3 is 1.22 bits per heavy atom. The monoisotopic (exact) mass is 1800 g/mol. The SMILES string of the molecule is Cc1[c-]c(C)cc(C)c1.Cc1cc(C)c(B2C3=c4ccccc4=CC4C3N(c3ccc(C)cc32)c2cc3ccccc3c3c2N4c2ccc(C)cc2B3c2c(C)cc(C)cc2C)c(C)c1.Cc1ccc(N2c3cc4ccccc4cc3N(c3ccc(C)cc3)C3C=c4ccccc4=CC32)cc1.IB(I)I.[Br-].[Mg+2]. The first-order valence-electron chi connectivity index (χ1n) is 36.9. The first kappa shape index (κ1) is 76.5. The molecule has 0 saturated carbocycles. The minimum atomic E-state index is 0. The van der Waals surface area contributed by atoms with Crippen LogP contribution in [0.1, 0.15) is 72.3 Å². The van der Waals surface area contributed by atoms with Gasteiger partial charge in [-0.15, -0.1) is 67.1 Å². The Morgan fingerprint density at radius 1 is 0.336 bits per heavy atom. The molecule has 524 valence electrons. The first-order valence-corrected chi connectivity index (χ1v) is 40.6. The van der Waals surface area contributed by atoms with Crippen LogP contribution in [0.4, 0.5) is 45.5 Å². The van der Waals surface area contributed by atoms with Crippen molar-refractivity contribution in [2.24, 2.45) is 0 Å². The molecule has 4 heterocycles. The van der Waals surface area contributed by atoms with E-state index in [-0.39, 0.29) is 77.6 Å². The maximum atomic E-state index is 3.21. The molecule has 2 aliphatic carbocycles. The maximum Gasteiger partial charge on any atom is 2.00 e. The summed E-state index contributed by atoms with van der Waals surface area (Å²) in [5, 5.41) is 10.5. The zero-order valence-electron chi connectivity index (χ0n) is 63.3. The normalized spacial score (nSPS) is 16.2. The van der Waals surface area contributed by atoms with Gasteiger partial charge in [0.15, 0.2) is 0 Å². The van der Waals surface area contributed by atoms with Crippen LogP contribution >= 0.6 is 67.1 Å². The summed E-state index contributed by atoms with van der Waals surface area (Å²) < 4.78 is 0.743. The summed E-state index contributed by atoms with van der Waals surface area (Å²) in [4.78, 5) is 10.7. The van der Waals surface area contributed by atoms with E-state index in [1.807, 2.05) is 0 Å². The van der Waals surface area contributed by atoms with Gasteiger partial charge in [0.2, 0.25) is 13.4 Å². The molecule has 19 rings (SSSR count). The standard InChI is InChI=1S/C52H46B2N2.C34H28N2.C9H11.BI3.BrH.Mg/c1-29-17-19-43-41(25-29)53(47-33(5)21-31(3)22-34(47)6)49-39-15-11-9-13-37(39)28-46-51(49)55(43)45-27-38-14-10-12-16-40(38)50-52(45)56(46)44-20-18-30(2)26-42(44)54(50)48-35(7)23-32(4)24-36(48)8;1-23-11-15-29(16-12-23)35-31-19-25-7-3-5-9-27(25)21-33(31)36(30-17-13-24(2)14-18-30)34-22-28-10-6-4-8-26(28)20-32(34)35;1-7-4-8(2)6-9(3)5-7;2-1(3)4;;/h9-28,45,52H,1-8H3;3-22,31,33H,1-2H3;4-5H,1-3H3;;1H;/q;;-1;;;+2/p-1. The minimum absolute atomic E-state index is 0. The fraction of sp³-hybridized carbons (Fsp3) is 0.179. The van der Waals surface area contributed by atoms with E-state index in [1.54, 1.807) is 0 Å². The number of nitrogens with zero attached hydrogens (tertiary/aromatic N) is 4. The first-order chi connectivity index (χ1) is 50.7. The van der Waals surface area contributed by atoms with Crippen LogP contribution in [0.3, 0.4) is 0 Å². The Hall–Kier alpha value is -7.31. The summed E-state index contributed by atoms with van der Waals surface area (Å²) in [5.41, 5.74) is 36.0. The van der Waals surface area contributed by atoms with E-state index in [4.69, 9.17) is 0 Å². The average molecular weight is 1800 g/mol. The molecule has 13 aromatic carbocycles. The van der Waals surface area contributed by atoms with Crippen LogP contribution < -0.4 is 84.8 Å². The fourth-order valence-electron chi connectivity index (χ4n) is 18.7. The molecular weight excluding hydrogens is 1710 g/mol. The van der Waals surface area contributed by atoms with E-state index in [9.17, 15) is 0 Å². The summed E-state index contributed by atoms with van der Waals surface area (Å²) in [6.45, 7) is 29.1. The maximum absolute atomic E-state index is 3.21. The number of hydrogen-bond acceptors (Lipinski definition) is 4. The summed E-state index contributed by atoms with van der Waals surface area (Å²) >= 11 is 6.95. The van der Waals surface area contributed by atoms with Gasteiger partial charge < -0.3 is 36.6 Å². The molecule has 0 N–H and O–H groups in total. The largest absolute Gasteiger partial charge is 2.00 e. The van der Waals surface area contributed by atoms with Crippen LogP contribution in [0.5, 0.6) is 0 Å². The smallest absolute Gasteiger partial charge is 1.00 e. The van der Waals surface area contributed by atoms with Gasteiger partial charge in [-0.2, -0.15) is 34.9 Å². The Morgan fingerprint density at radius 2 is 0.729 bits per heavy atom. The van der Waals surface area contributed by atoms with Crippen molar-refractivity contribution >= 4 is 222 Å². The molecule has 4 unspecified atom stereocenters. The molecule has 0 amide bonds. The number of hydrogen-bond donors (Lipinski definition) is 0. The van der Waals surface area contributed by atoms with Crippen molar-refractivity contribution in [3.63, 3.8) is 0 Å². The van der Waals surface area contributed by atoms with Crippen molar-refractivity contribution in [3.05, 3.63) is 336 Å². The molecule has 4 nitrogen and oxygen atoms in total. The zero-order chi connectivity index (χ0) is 73.0. The predicted molar refractivity (Wildman–Crippen MR) is 489 cm³/mol. The number of halogens is 4. The van der Waals surface area contributed by atoms with Crippen LogP contribution in [0, 0.1) is 96.1 Å². The van der Waals surface area contributed by atoms with Crippen LogP contribution in [-0.2, 0) is 0 Å². The van der Waals surface area contributed by atoms with Crippen LogP contribution in [0.25, 0.3) is 45.2 Å². The molecule has 4 aliphatic heterocycles. The second-order valence-electron chi connectivity index (χ2n) is 30.2. The van der Waals surface area contributed by atoms with Crippen molar-refractivity contribution in [1.82, 2.24) is 0 Å². The van der Waals surface area contributed by atoms with E-state index in [0.717, 1.165) is 0.282 Å².